The number of hydrogen-bond donors (Lipinski definition) is 8. The van der Waals surface area contributed by atoms with Gasteiger partial charge in [-0.05, 0) is 186 Å². The molecule has 0 unspecified atom stereocenters. The van der Waals surface area contributed by atoms with E-state index in [1.54, 1.807) is 97.1 Å². The molecular weight excluding hydrogens is 753 g/mol. The van der Waals surface area contributed by atoms with Crippen LogP contribution in [-0.2, 0) is 25.7 Å². The molecular formula is C52H40O8. The van der Waals surface area contributed by atoms with Crippen molar-refractivity contribution in [1.29, 1.82) is 0 Å². The van der Waals surface area contributed by atoms with Gasteiger partial charge in [-0.1, -0.05) is 48.5 Å². The summed E-state index contributed by atoms with van der Waals surface area (Å²) in [6, 6.07) is 41.9. The van der Waals surface area contributed by atoms with E-state index >= 15 is 0 Å². The normalized spacial score (nSPS) is 12.3. The smallest absolute Gasteiger partial charge is 0.122 e. The number of rotatable bonds is 4. The lowest BCUT2D eigenvalue weighted by molar-refractivity contribution is 0.450. The Balaban J connectivity index is 1.31. The zero-order valence-corrected chi connectivity index (χ0v) is 32.3. The summed E-state index contributed by atoms with van der Waals surface area (Å²) < 4.78 is 0. The second-order valence-corrected chi connectivity index (χ2v) is 15.5. The van der Waals surface area contributed by atoms with Gasteiger partial charge in [0.25, 0.3) is 0 Å². The molecule has 8 bridgehead atoms. The molecule has 0 atom stereocenters. The van der Waals surface area contributed by atoms with Gasteiger partial charge in [-0.3, -0.25) is 0 Å². The first-order valence-corrected chi connectivity index (χ1v) is 19.5. The van der Waals surface area contributed by atoms with Crippen LogP contribution in [0.1, 0.15) is 44.5 Å². The van der Waals surface area contributed by atoms with Gasteiger partial charge in [-0.15, -0.1) is 0 Å². The minimum Gasteiger partial charge on any atom is -0.508 e. The van der Waals surface area contributed by atoms with Crippen LogP contribution in [0, 0.1) is 0 Å². The van der Waals surface area contributed by atoms with Gasteiger partial charge in [-0.2, -0.15) is 0 Å². The van der Waals surface area contributed by atoms with E-state index in [1.165, 1.54) is 0 Å². The standard InChI is InChI=1S/C52H40O8/c53-45-9-1-29(2-10-45)33-17-37-25-39-19-34(30-3-11-46(54)12-4-30)21-41(50(39)58)27-43-23-36(32-7-15-48(56)16-8-32)24-44(52(43)60)28-42-22-35(31-5-13-47(55)14-6-31)20-40(51(42)59)26-38(18-33)49(37)57/h1-24,53-60H,25-28H2. The first-order valence-electron chi connectivity index (χ1n) is 19.5. The van der Waals surface area contributed by atoms with E-state index in [-0.39, 0.29) is 71.7 Å². The molecule has 8 aromatic rings. The Hall–Kier alpha value is -7.84. The van der Waals surface area contributed by atoms with Crippen molar-refractivity contribution in [1.82, 2.24) is 0 Å². The summed E-state index contributed by atoms with van der Waals surface area (Å²) in [6.07, 6.45) is 0.409. The summed E-state index contributed by atoms with van der Waals surface area (Å²) >= 11 is 0. The minimum atomic E-state index is -0.00185. The Morgan fingerprint density at radius 2 is 0.350 bits per heavy atom. The van der Waals surface area contributed by atoms with Crippen molar-refractivity contribution in [3.05, 3.63) is 190 Å². The fraction of sp³-hybridized carbons (Fsp3) is 0.0769. The van der Waals surface area contributed by atoms with E-state index in [2.05, 4.69) is 0 Å². The van der Waals surface area contributed by atoms with Crippen molar-refractivity contribution in [2.45, 2.75) is 25.7 Å². The molecule has 60 heavy (non-hydrogen) atoms. The topological polar surface area (TPSA) is 162 Å². The average Bonchev–Trinajstić information content (AvgIpc) is 3.24. The third-order valence-electron chi connectivity index (χ3n) is 11.4. The van der Waals surface area contributed by atoms with Crippen LogP contribution in [0.25, 0.3) is 44.5 Å². The second-order valence-electron chi connectivity index (χ2n) is 15.5. The van der Waals surface area contributed by atoms with Gasteiger partial charge in [0.1, 0.15) is 46.0 Å². The second kappa shape index (κ2) is 15.2. The van der Waals surface area contributed by atoms with Gasteiger partial charge in [0.15, 0.2) is 0 Å². The predicted octanol–water partition coefficient (Wildman–Crippen LogP) is 10.7. The molecule has 9 rings (SSSR count). The lowest BCUT2D eigenvalue weighted by atomic mass is 9.86. The van der Waals surface area contributed by atoms with Crippen LogP contribution in [0.4, 0.5) is 0 Å². The summed E-state index contributed by atoms with van der Waals surface area (Å²) in [5.41, 5.74) is 10.3. The van der Waals surface area contributed by atoms with E-state index < -0.39 is 0 Å². The van der Waals surface area contributed by atoms with Crippen LogP contribution in [-0.4, -0.2) is 40.9 Å². The highest BCUT2D eigenvalue weighted by molar-refractivity contribution is 5.75. The maximum absolute atomic E-state index is 12.1. The van der Waals surface area contributed by atoms with E-state index in [0.717, 1.165) is 44.5 Å². The average molecular weight is 793 g/mol. The highest BCUT2D eigenvalue weighted by Crippen LogP contribution is 2.43. The molecule has 0 saturated carbocycles. The quantitative estimate of drug-likeness (QED) is 0.0873. The number of benzene rings is 8. The van der Waals surface area contributed by atoms with Gasteiger partial charge >= 0.3 is 0 Å². The Kier molecular flexibility index (Phi) is 9.53. The Morgan fingerprint density at radius 1 is 0.200 bits per heavy atom. The number of phenols is 8. The molecule has 0 heterocycles. The van der Waals surface area contributed by atoms with Crippen LogP contribution in [0.2, 0.25) is 0 Å². The molecule has 8 heteroatoms. The Bertz CT molecular complexity index is 2420. The maximum Gasteiger partial charge on any atom is 0.122 e. The molecule has 1 aliphatic carbocycles. The molecule has 0 radical (unpaired) electrons. The van der Waals surface area contributed by atoms with Gasteiger partial charge in [0.2, 0.25) is 0 Å². The van der Waals surface area contributed by atoms with Crippen LogP contribution in [0.5, 0.6) is 46.0 Å². The third-order valence-corrected chi connectivity index (χ3v) is 11.4. The number of hydrogen-bond acceptors (Lipinski definition) is 8. The van der Waals surface area contributed by atoms with Crippen molar-refractivity contribution in [3.8, 4) is 90.5 Å². The molecule has 8 N–H and O–H groups in total. The largest absolute Gasteiger partial charge is 0.508 e. The fourth-order valence-corrected chi connectivity index (χ4v) is 8.22. The molecule has 0 spiro atoms. The minimum absolute atomic E-state index is 0.00185. The predicted molar refractivity (Wildman–Crippen MR) is 232 cm³/mol. The summed E-state index contributed by atoms with van der Waals surface area (Å²) in [4.78, 5) is 0. The lowest BCUT2D eigenvalue weighted by Gasteiger charge is -2.20. The lowest BCUT2D eigenvalue weighted by Crippen LogP contribution is -2.03. The van der Waals surface area contributed by atoms with Gasteiger partial charge in [-0.25, -0.2) is 0 Å². The summed E-state index contributed by atoms with van der Waals surface area (Å²) in [7, 11) is 0. The highest BCUT2D eigenvalue weighted by Gasteiger charge is 2.23. The third kappa shape index (κ3) is 7.38. The van der Waals surface area contributed by atoms with Crippen molar-refractivity contribution in [3.63, 3.8) is 0 Å². The summed E-state index contributed by atoms with van der Waals surface area (Å²) in [5, 5.41) is 89.0. The van der Waals surface area contributed by atoms with E-state index in [4.69, 9.17) is 0 Å². The summed E-state index contributed by atoms with van der Waals surface area (Å²) in [5.74, 6) is 0.428. The number of aromatic hydroxyl groups is 8. The highest BCUT2D eigenvalue weighted by atomic mass is 16.3. The molecule has 0 amide bonds. The van der Waals surface area contributed by atoms with Crippen LogP contribution in [0.3, 0.4) is 0 Å². The Labute approximate surface area is 346 Å². The number of fused-ring (bicyclic) bond motifs is 8. The van der Waals surface area contributed by atoms with Crippen molar-refractivity contribution in [2.24, 2.45) is 0 Å². The molecule has 296 valence electrons. The molecule has 0 fully saturated rings. The van der Waals surface area contributed by atoms with Gasteiger partial charge < -0.3 is 40.9 Å². The van der Waals surface area contributed by atoms with Crippen molar-refractivity contribution in [2.75, 3.05) is 0 Å². The molecule has 8 aromatic carbocycles. The first-order chi connectivity index (χ1) is 28.9. The zero-order chi connectivity index (χ0) is 41.7. The van der Waals surface area contributed by atoms with E-state index in [9.17, 15) is 40.9 Å². The molecule has 0 saturated heterocycles. The monoisotopic (exact) mass is 792 g/mol. The molecule has 1 aliphatic rings. The maximum atomic E-state index is 12.1. The molecule has 0 aromatic heterocycles. The van der Waals surface area contributed by atoms with Crippen molar-refractivity contribution >= 4 is 0 Å². The van der Waals surface area contributed by atoms with Gasteiger partial charge in [0, 0.05) is 25.7 Å². The zero-order valence-electron chi connectivity index (χ0n) is 32.3. The van der Waals surface area contributed by atoms with Crippen molar-refractivity contribution < 1.29 is 40.9 Å². The van der Waals surface area contributed by atoms with Crippen LogP contribution in [0.15, 0.2) is 146 Å². The SMILES string of the molecule is Oc1ccc(-c2cc3c(O)c(c2)Cc2cc(-c4ccc(O)cc4)cc(c2O)Cc2cc(-c4ccc(O)cc4)cc(c2O)Cc2cc(-c4ccc(O)cc4)cc(c2O)C3)cc1. The first kappa shape index (κ1) is 37.7. The van der Waals surface area contributed by atoms with Gasteiger partial charge in [0.05, 0.1) is 0 Å². The summed E-state index contributed by atoms with van der Waals surface area (Å²) in [6.45, 7) is 0. The fourth-order valence-electron chi connectivity index (χ4n) is 8.22. The van der Waals surface area contributed by atoms with E-state index in [1.807, 2.05) is 48.5 Å². The molecule has 0 aliphatic heterocycles. The van der Waals surface area contributed by atoms with Crippen LogP contribution < -0.4 is 0 Å². The van der Waals surface area contributed by atoms with Crippen LogP contribution >= 0.6 is 0 Å². The molecule has 8 nitrogen and oxygen atoms in total. The number of phenolic OH excluding ortho intramolecular Hbond substituents is 8. The Morgan fingerprint density at radius 3 is 0.500 bits per heavy atom. The van der Waals surface area contributed by atoms with E-state index in [0.29, 0.717) is 44.5 Å².